The van der Waals surface area contributed by atoms with Crippen LogP contribution in [0.15, 0.2) is 36.5 Å². The number of fused-ring (bicyclic) bond motifs is 1. The monoisotopic (exact) mass is 409 g/mol. The van der Waals surface area contributed by atoms with Gasteiger partial charge in [-0.3, -0.25) is 4.79 Å². The van der Waals surface area contributed by atoms with Crippen LogP contribution < -0.4 is 10.2 Å². The fourth-order valence-electron chi connectivity index (χ4n) is 4.97. The molecule has 3 aromatic rings. The molecule has 0 radical (unpaired) electrons. The molecule has 1 spiro atoms. The maximum atomic E-state index is 11.8. The topological polar surface area (TPSA) is 63.1 Å². The van der Waals surface area contributed by atoms with Gasteiger partial charge >= 0.3 is 0 Å². The van der Waals surface area contributed by atoms with Gasteiger partial charge in [-0.2, -0.15) is 0 Å². The minimum Gasteiger partial charge on any atom is -0.356 e. The lowest BCUT2D eigenvalue weighted by Crippen LogP contribution is -2.47. The van der Waals surface area contributed by atoms with Crippen molar-refractivity contribution in [1.29, 1.82) is 0 Å². The zero-order valence-electron chi connectivity index (χ0n) is 16.7. The van der Waals surface area contributed by atoms with Crippen molar-refractivity contribution in [3.05, 3.63) is 41.6 Å². The molecule has 2 fully saturated rings. The second-order valence-corrected chi connectivity index (χ2v) is 8.86. The number of halogens is 1. The molecule has 5 rings (SSSR count). The Hall–Kier alpha value is -2.60. The molecule has 6 nitrogen and oxygen atoms in total. The highest BCUT2D eigenvalue weighted by molar-refractivity contribution is 6.33. The van der Waals surface area contributed by atoms with E-state index < -0.39 is 0 Å². The number of hydrogen-bond acceptors (Lipinski definition) is 4. The van der Waals surface area contributed by atoms with Crippen LogP contribution in [0.5, 0.6) is 0 Å². The van der Waals surface area contributed by atoms with E-state index in [9.17, 15) is 4.79 Å². The van der Waals surface area contributed by atoms with E-state index in [1.165, 1.54) is 0 Å². The predicted molar refractivity (Wildman–Crippen MR) is 115 cm³/mol. The van der Waals surface area contributed by atoms with Crippen molar-refractivity contribution in [2.45, 2.75) is 32.2 Å². The molecule has 1 N–H and O–H groups in total. The number of carbonyl (C=O) groups is 1. The molecular weight excluding hydrogens is 386 g/mol. The van der Waals surface area contributed by atoms with Crippen LogP contribution >= 0.6 is 11.6 Å². The van der Waals surface area contributed by atoms with Gasteiger partial charge in [0.2, 0.25) is 5.91 Å². The average molecular weight is 410 g/mol. The summed E-state index contributed by atoms with van der Waals surface area (Å²) < 4.78 is 2.07. The number of para-hydroxylation sites is 2. The first kappa shape index (κ1) is 18.4. The molecule has 4 heterocycles. The number of rotatable bonds is 2. The predicted octanol–water partition coefficient (Wildman–Crippen LogP) is 3.78. The van der Waals surface area contributed by atoms with Crippen LogP contribution in [0, 0.1) is 5.41 Å². The van der Waals surface area contributed by atoms with Gasteiger partial charge in [-0.25, -0.2) is 9.97 Å². The van der Waals surface area contributed by atoms with E-state index >= 15 is 0 Å². The molecule has 2 unspecified atom stereocenters. The van der Waals surface area contributed by atoms with Crippen molar-refractivity contribution in [3.8, 4) is 11.4 Å². The van der Waals surface area contributed by atoms with Gasteiger partial charge in [0.15, 0.2) is 0 Å². The number of aromatic nitrogens is 3. The number of amides is 1. The number of aryl methyl sites for hydroxylation is 1. The van der Waals surface area contributed by atoms with Gasteiger partial charge in [0.1, 0.15) is 11.6 Å². The van der Waals surface area contributed by atoms with E-state index in [2.05, 4.69) is 38.8 Å². The quantitative estimate of drug-likeness (QED) is 0.699. The molecule has 2 aromatic heterocycles. The van der Waals surface area contributed by atoms with Crippen LogP contribution in [0.3, 0.4) is 0 Å². The first-order chi connectivity index (χ1) is 14.0. The smallest absolute Gasteiger partial charge is 0.220 e. The van der Waals surface area contributed by atoms with Gasteiger partial charge < -0.3 is 14.8 Å². The standard InChI is InChI=1S/C22H24ClN5O/c1-14-10-22(11-20(29)25-13-22)7-8-28(14)19-9-15(16(23)12-24-19)21-26-17-5-3-4-6-18(17)27(21)2/h3-6,9,12,14H,7-8,10-11,13H2,1-2H3,(H,25,29). The van der Waals surface area contributed by atoms with Gasteiger partial charge in [0, 0.05) is 49.8 Å². The summed E-state index contributed by atoms with van der Waals surface area (Å²) in [5.41, 5.74) is 3.01. The summed E-state index contributed by atoms with van der Waals surface area (Å²) in [6.07, 6.45) is 4.34. The normalized spacial score (nSPS) is 24.4. The van der Waals surface area contributed by atoms with Crippen molar-refractivity contribution < 1.29 is 4.79 Å². The maximum Gasteiger partial charge on any atom is 0.220 e. The van der Waals surface area contributed by atoms with Gasteiger partial charge in [-0.15, -0.1) is 0 Å². The molecule has 7 heteroatoms. The van der Waals surface area contributed by atoms with Gasteiger partial charge in [-0.05, 0) is 38.0 Å². The molecule has 2 aliphatic heterocycles. The van der Waals surface area contributed by atoms with E-state index in [4.69, 9.17) is 16.6 Å². The number of hydrogen-bond donors (Lipinski definition) is 1. The van der Waals surface area contributed by atoms with E-state index in [1.54, 1.807) is 6.20 Å². The van der Waals surface area contributed by atoms with Crippen molar-refractivity contribution >= 4 is 34.4 Å². The second-order valence-electron chi connectivity index (χ2n) is 8.46. The Bertz CT molecular complexity index is 1110. The Morgan fingerprint density at radius 2 is 2.14 bits per heavy atom. The molecule has 2 aliphatic rings. The number of nitrogens with zero attached hydrogens (tertiary/aromatic N) is 4. The minimum atomic E-state index is 0.0969. The number of carbonyl (C=O) groups excluding carboxylic acids is 1. The van der Waals surface area contributed by atoms with E-state index in [1.807, 2.05) is 25.2 Å². The van der Waals surface area contributed by atoms with Gasteiger partial charge in [-0.1, -0.05) is 23.7 Å². The number of imidazole rings is 1. The Labute approximate surface area is 174 Å². The molecule has 2 atom stereocenters. The van der Waals surface area contributed by atoms with Crippen LogP contribution in [0.25, 0.3) is 22.4 Å². The maximum absolute atomic E-state index is 11.8. The summed E-state index contributed by atoms with van der Waals surface area (Å²) in [7, 11) is 2.01. The molecule has 0 bridgehead atoms. The molecule has 1 amide bonds. The highest BCUT2D eigenvalue weighted by Gasteiger charge is 2.43. The molecular formula is C22H24ClN5O. The highest BCUT2D eigenvalue weighted by atomic mass is 35.5. The molecule has 0 saturated carbocycles. The fraction of sp³-hybridized carbons (Fsp3) is 0.409. The molecule has 150 valence electrons. The highest BCUT2D eigenvalue weighted by Crippen LogP contribution is 2.42. The Kier molecular flexibility index (Phi) is 4.28. The van der Waals surface area contributed by atoms with E-state index in [-0.39, 0.29) is 11.3 Å². The van der Waals surface area contributed by atoms with Crippen LogP contribution in [-0.4, -0.2) is 39.6 Å². The van der Waals surface area contributed by atoms with Crippen LogP contribution in [-0.2, 0) is 11.8 Å². The Morgan fingerprint density at radius 3 is 2.86 bits per heavy atom. The average Bonchev–Trinajstić information content (AvgIpc) is 3.23. The third-order valence-corrected chi connectivity index (χ3v) is 6.80. The Balaban J connectivity index is 1.48. The first-order valence-corrected chi connectivity index (χ1v) is 10.4. The largest absolute Gasteiger partial charge is 0.356 e. The van der Waals surface area contributed by atoms with Crippen molar-refractivity contribution in [2.75, 3.05) is 18.0 Å². The molecule has 29 heavy (non-hydrogen) atoms. The zero-order chi connectivity index (χ0) is 20.2. The summed E-state index contributed by atoms with van der Waals surface area (Å²) >= 11 is 6.54. The first-order valence-electron chi connectivity index (χ1n) is 10.1. The summed E-state index contributed by atoms with van der Waals surface area (Å²) in [6.45, 7) is 3.89. The van der Waals surface area contributed by atoms with Crippen molar-refractivity contribution in [3.63, 3.8) is 0 Å². The van der Waals surface area contributed by atoms with Crippen molar-refractivity contribution in [2.24, 2.45) is 12.5 Å². The number of nitrogens with one attached hydrogen (secondary N) is 1. The number of benzene rings is 1. The SMILES string of the molecule is CC1CC2(CCN1c1cc(-c3nc4ccccc4n3C)c(Cl)cn1)CNC(=O)C2. The van der Waals surface area contributed by atoms with Crippen LogP contribution in [0.4, 0.5) is 5.82 Å². The summed E-state index contributed by atoms with van der Waals surface area (Å²) in [5.74, 6) is 1.93. The van der Waals surface area contributed by atoms with E-state index in [0.29, 0.717) is 17.5 Å². The van der Waals surface area contributed by atoms with E-state index in [0.717, 1.165) is 54.2 Å². The molecule has 1 aromatic carbocycles. The van der Waals surface area contributed by atoms with Crippen molar-refractivity contribution in [1.82, 2.24) is 19.9 Å². The van der Waals surface area contributed by atoms with Crippen LogP contribution in [0.2, 0.25) is 5.02 Å². The lowest BCUT2D eigenvalue weighted by molar-refractivity contribution is -0.119. The summed E-state index contributed by atoms with van der Waals surface area (Å²) in [5, 5.41) is 3.61. The lowest BCUT2D eigenvalue weighted by atomic mass is 9.75. The molecule has 0 aliphatic carbocycles. The second kappa shape index (κ2) is 6.73. The number of anilines is 1. The summed E-state index contributed by atoms with van der Waals surface area (Å²) in [4.78, 5) is 23.5. The Morgan fingerprint density at radius 1 is 1.31 bits per heavy atom. The van der Waals surface area contributed by atoms with Gasteiger partial charge in [0.25, 0.3) is 0 Å². The number of pyridine rings is 1. The minimum absolute atomic E-state index is 0.0969. The van der Waals surface area contributed by atoms with Crippen LogP contribution in [0.1, 0.15) is 26.2 Å². The van der Waals surface area contributed by atoms with Gasteiger partial charge in [0.05, 0.1) is 16.1 Å². The fourth-order valence-corrected chi connectivity index (χ4v) is 5.16. The third kappa shape index (κ3) is 3.06. The number of piperidine rings is 1. The molecule has 2 saturated heterocycles. The summed E-state index contributed by atoms with van der Waals surface area (Å²) in [6, 6.07) is 10.4. The third-order valence-electron chi connectivity index (χ3n) is 6.50. The lowest BCUT2D eigenvalue weighted by Gasteiger charge is -2.43. The zero-order valence-corrected chi connectivity index (χ0v) is 17.4.